The second kappa shape index (κ2) is 8.41. The molecule has 138 valence electrons. The number of esters is 1. The number of hydrogen-bond acceptors (Lipinski definition) is 5. The third kappa shape index (κ3) is 4.89. The quantitative estimate of drug-likeness (QED) is 0.656. The number of amides is 1. The molecule has 0 aliphatic heterocycles. The molecule has 3 rings (SSSR count). The van der Waals surface area contributed by atoms with Crippen molar-refractivity contribution in [3.8, 4) is 5.69 Å². The highest BCUT2D eigenvalue weighted by atomic mass is 35.5. The van der Waals surface area contributed by atoms with E-state index in [4.69, 9.17) is 16.3 Å². The second-order valence-corrected chi connectivity index (χ2v) is 5.92. The number of ether oxygens (including phenoxy) is 1. The van der Waals surface area contributed by atoms with E-state index < -0.39 is 24.3 Å². The van der Waals surface area contributed by atoms with E-state index in [9.17, 15) is 14.0 Å². The van der Waals surface area contributed by atoms with Crippen molar-refractivity contribution >= 4 is 29.2 Å². The molecule has 0 aliphatic carbocycles. The summed E-state index contributed by atoms with van der Waals surface area (Å²) in [5, 5.41) is 7.02. The molecular weight excluding hydrogens is 375 g/mol. The third-order valence-electron chi connectivity index (χ3n) is 3.56. The van der Waals surface area contributed by atoms with E-state index in [-0.39, 0.29) is 12.0 Å². The van der Waals surface area contributed by atoms with E-state index >= 15 is 0 Å². The summed E-state index contributed by atoms with van der Waals surface area (Å²) < 4.78 is 19.9. The Hall–Kier alpha value is -3.26. The van der Waals surface area contributed by atoms with Gasteiger partial charge in [-0.25, -0.2) is 14.1 Å². The van der Waals surface area contributed by atoms with Gasteiger partial charge in [-0.2, -0.15) is 5.10 Å². The fraction of sp³-hybridized carbons (Fsp3) is 0.111. The molecular formula is C18H14ClFN4O3. The van der Waals surface area contributed by atoms with E-state index in [0.717, 1.165) is 0 Å². The lowest BCUT2D eigenvalue weighted by molar-refractivity contribution is -0.146. The van der Waals surface area contributed by atoms with Crippen molar-refractivity contribution in [3.63, 3.8) is 0 Å². The molecule has 0 spiro atoms. The van der Waals surface area contributed by atoms with Crippen LogP contribution in [0.4, 0.5) is 10.1 Å². The lowest BCUT2D eigenvalue weighted by atomic mass is 10.1. The van der Waals surface area contributed by atoms with Gasteiger partial charge in [0.1, 0.15) is 18.5 Å². The molecule has 0 aliphatic rings. The largest absolute Gasteiger partial charge is 0.455 e. The van der Waals surface area contributed by atoms with Crippen LogP contribution < -0.4 is 5.32 Å². The average molecular weight is 389 g/mol. The highest BCUT2D eigenvalue weighted by Crippen LogP contribution is 2.23. The zero-order valence-electron chi connectivity index (χ0n) is 13.9. The smallest absolute Gasteiger partial charge is 0.310 e. The van der Waals surface area contributed by atoms with Gasteiger partial charge < -0.3 is 10.1 Å². The van der Waals surface area contributed by atoms with Crippen molar-refractivity contribution < 1.29 is 18.7 Å². The molecule has 0 unspecified atom stereocenters. The van der Waals surface area contributed by atoms with Crippen LogP contribution in [0, 0.1) is 5.82 Å². The molecule has 0 bridgehead atoms. The van der Waals surface area contributed by atoms with Crippen LogP contribution in [0.15, 0.2) is 55.1 Å². The number of carbonyl (C=O) groups excluding carboxylic acids is 2. The van der Waals surface area contributed by atoms with Crippen molar-refractivity contribution in [1.29, 1.82) is 0 Å². The Morgan fingerprint density at radius 1 is 1.22 bits per heavy atom. The highest BCUT2D eigenvalue weighted by molar-refractivity contribution is 6.31. The molecule has 0 atom stereocenters. The average Bonchev–Trinajstić information content (AvgIpc) is 3.16. The monoisotopic (exact) mass is 388 g/mol. The molecule has 1 N–H and O–H groups in total. The summed E-state index contributed by atoms with van der Waals surface area (Å²) in [7, 11) is 0. The van der Waals surface area contributed by atoms with E-state index in [1.807, 2.05) is 0 Å². The number of rotatable bonds is 6. The van der Waals surface area contributed by atoms with Gasteiger partial charge in [0.2, 0.25) is 0 Å². The molecule has 2 aromatic carbocycles. The first-order valence-electron chi connectivity index (χ1n) is 7.86. The van der Waals surface area contributed by atoms with Crippen molar-refractivity contribution in [1.82, 2.24) is 14.8 Å². The van der Waals surface area contributed by atoms with Gasteiger partial charge in [-0.05, 0) is 29.8 Å². The summed E-state index contributed by atoms with van der Waals surface area (Å²) in [6.45, 7) is -0.517. The van der Waals surface area contributed by atoms with Gasteiger partial charge in [0.15, 0.2) is 6.61 Å². The van der Waals surface area contributed by atoms with E-state index in [1.165, 1.54) is 41.6 Å². The van der Waals surface area contributed by atoms with Crippen LogP contribution in [0.2, 0.25) is 5.02 Å². The molecule has 0 saturated heterocycles. The summed E-state index contributed by atoms with van der Waals surface area (Å²) in [5.74, 6) is -1.78. The minimum Gasteiger partial charge on any atom is -0.455 e. The summed E-state index contributed by atoms with van der Waals surface area (Å²) in [6.07, 6.45) is 2.55. The Morgan fingerprint density at radius 2 is 2.04 bits per heavy atom. The van der Waals surface area contributed by atoms with Crippen LogP contribution in [0.3, 0.4) is 0 Å². The van der Waals surface area contributed by atoms with Crippen molar-refractivity contribution in [3.05, 3.63) is 71.5 Å². The lowest BCUT2D eigenvalue weighted by Gasteiger charge is -2.11. The molecule has 27 heavy (non-hydrogen) atoms. The predicted octanol–water partition coefficient (Wildman–Crippen LogP) is 2.78. The fourth-order valence-corrected chi connectivity index (χ4v) is 2.49. The fourth-order valence-electron chi connectivity index (χ4n) is 2.32. The van der Waals surface area contributed by atoms with E-state index in [1.54, 1.807) is 18.2 Å². The molecule has 1 heterocycles. The first kappa shape index (κ1) is 18.5. The van der Waals surface area contributed by atoms with Crippen LogP contribution in [0.5, 0.6) is 0 Å². The summed E-state index contributed by atoms with van der Waals surface area (Å²) >= 11 is 5.98. The number of nitrogens with zero attached hydrogens (tertiary/aromatic N) is 3. The van der Waals surface area contributed by atoms with Crippen molar-refractivity contribution in [2.45, 2.75) is 6.42 Å². The maximum absolute atomic E-state index is 13.5. The maximum atomic E-state index is 13.5. The van der Waals surface area contributed by atoms with Crippen LogP contribution in [0.1, 0.15) is 5.56 Å². The van der Waals surface area contributed by atoms with Gasteiger partial charge in [0, 0.05) is 5.02 Å². The highest BCUT2D eigenvalue weighted by Gasteiger charge is 2.13. The van der Waals surface area contributed by atoms with Crippen molar-refractivity contribution in [2.75, 3.05) is 11.9 Å². The van der Waals surface area contributed by atoms with Crippen LogP contribution in [-0.2, 0) is 20.7 Å². The normalized spacial score (nSPS) is 10.4. The Morgan fingerprint density at radius 3 is 2.78 bits per heavy atom. The second-order valence-electron chi connectivity index (χ2n) is 5.48. The van der Waals surface area contributed by atoms with Gasteiger partial charge in [-0.15, -0.1) is 0 Å². The Labute approximate surface area is 158 Å². The van der Waals surface area contributed by atoms with Crippen molar-refractivity contribution in [2.24, 2.45) is 0 Å². The minimum atomic E-state index is -0.710. The number of carbonyl (C=O) groups is 2. The molecule has 7 nitrogen and oxygen atoms in total. The van der Waals surface area contributed by atoms with Gasteiger partial charge in [0.25, 0.3) is 5.91 Å². The molecule has 1 aromatic heterocycles. The zero-order valence-corrected chi connectivity index (χ0v) is 14.7. The number of anilines is 1. The van der Waals surface area contributed by atoms with Crippen LogP contribution in [0.25, 0.3) is 5.69 Å². The number of benzene rings is 2. The van der Waals surface area contributed by atoms with Gasteiger partial charge in [-0.1, -0.05) is 29.8 Å². The Kier molecular flexibility index (Phi) is 5.77. The van der Waals surface area contributed by atoms with E-state index in [0.29, 0.717) is 16.4 Å². The number of halogens is 2. The van der Waals surface area contributed by atoms with Crippen LogP contribution >= 0.6 is 11.6 Å². The van der Waals surface area contributed by atoms with Gasteiger partial charge >= 0.3 is 5.97 Å². The molecule has 9 heteroatoms. The zero-order chi connectivity index (χ0) is 19.2. The van der Waals surface area contributed by atoms with Gasteiger partial charge in [0.05, 0.1) is 17.8 Å². The standard InChI is InChI=1S/C18H14ClFN4O3/c19-13-5-6-16(24-11-21-10-22-24)15(8-13)23-17(25)9-27-18(26)7-12-3-1-2-4-14(12)20/h1-6,8,10-11H,7,9H2,(H,23,25). The molecule has 3 aromatic rings. The van der Waals surface area contributed by atoms with E-state index in [2.05, 4.69) is 15.4 Å². The topological polar surface area (TPSA) is 86.1 Å². The SMILES string of the molecule is O=C(COC(=O)Cc1ccccc1F)Nc1cc(Cl)ccc1-n1cncn1. The summed E-state index contributed by atoms with van der Waals surface area (Å²) in [5.41, 5.74) is 1.12. The molecule has 0 fully saturated rings. The Bertz CT molecular complexity index is 963. The number of nitrogens with one attached hydrogen (secondary N) is 1. The summed E-state index contributed by atoms with van der Waals surface area (Å²) in [6, 6.07) is 10.7. The third-order valence-corrected chi connectivity index (χ3v) is 3.79. The lowest BCUT2D eigenvalue weighted by Crippen LogP contribution is -2.22. The molecule has 1 amide bonds. The predicted molar refractivity (Wildman–Crippen MR) is 96.1 cm³/mol. The first-order valence-corrected chi connectivity index (χ1v) is 8.24. The number of hydrogen-bond donors (Lipinski definition) is 1. The van der Waals surface area contributed by atoms with Crippen LogP contribution in [-0.4, -0.2) is 33.2 Å². The summed E-state index contributed by atoms with van der Waals surface area (Å²) in [4.78, 5) is 27.8. The minimum absolute atomic E-state index is 0.200. The first-order chi connectivity index (χ1) is 13.0. The number of aromatic nitrogens is 3. The van der Waals surface area contributed by atoms with Gasteiger partial charge in [-0.3, -0.25) is 9.59 Å². The Balaban J connectivity index is 1.61. The maximum Gasteiger partial charge on any atom is 0.310 e. The molecule has 0 radical (unpaired) electrons. The molecule has 0 saturated carbocycles.